The summed E-state index contributed by atoms with van der Waals surface area (Å²) in [4.78, 5) is 31.0. The number of ether oxygens (including phenoxy) is 1. The molecule has 0 bridgehead atoms. The SMILES string of the molecule is NC(=O)C1(C(=O)O)OC1C(=O)O. The largest absolute Gasteiger partial charge is 0.479 e. The van der Waals surface area contributed by atoms with Crippen LogP contribution in [0.2, 0.25) is 0 Å². The van der Waals surface area contributed by atoms with Gasteiger partial charge < -0.3 is 20.7 Å². The zero-order valence-corrected chi connectivity index (χ0v) is 5.68. The van der Waals surface area contributed by atoms with Gasteiger partial charge in [0.05, 0.1) is 0 Å². The van der Waals surface area contributed by atoms with Crippen molar-refractivity contribution in [1.82, 2.24) is 0 Å². The molecule has 0 aliphatic carbocycles. The molecule has 1 fully saturated rings. The van der Waals surface area contributed by atoms with E-state index in [9.17, 15) is 14.4 Å². The number of carboxylic acids is 2. The normalized spacial score (nSPS) is 32.5. The smallest absolute Gasteiger partial charge is 0.349 e. The maximum Gasteiger partial charge on any atom is 0.349 e. The summed E-state index contributed by atoms with van der Waals surface area (Å²) in [6.07, 6.45) is -1.66. The molecule has 7 nitrogen and oxygen atoms in total. The second-order valence-corrected chi connectivity index (χ2v) is 2.24. The predicted octanol–water partition coefficient (Wildman–Crippen LogP) is -2.22. The number of hydrogen-bond donors (Lipinski definition) is 3. The summed E-state index contributed by atoms with van der Waals surface area (Å²) in [6.45, 7) is 0. The van der Waals surface area contributed by atoms with E-state index in [1.54, 1.807) is 0 Å². The fourth-order valence-electron chi connectivity index (χ4n) is 0.831. The highest BCUT2D eigenvalue weighted by Gasteiger charge is 2.72. The molecule has 1 saturated heterocycles. The van der Waals surface area contributed by atoms with E-state index < -0.39 is 29.6 Å². The van der Waals surface area contributed by atoms with E-state index in [0.29, 0.717) is 0 Å². The van der Waals surface area contributed by atoms with E-state index in [2.05, 4.69) is 10.5 Å². The molecule has 2 unspecified atom stereocenters. The zero-order valence-electron chi connectivity index (χ0n) is 5.68. The van der Waals surface area contributed by atoms with Crippen molar-refractivity contribution < 1.29 is 29.3 Å². The molecule has 0 aromatic carbocycles. The van der Waals surface area contributed by atoms with Gasteiger partial charge in [-0.3, -0.25) is 4.79 Å². The molecule has 12 heavy (non-hydrogen) atoms. The Morgan fingerprint density at radius 3 is 1.92 bits per heavy atom. The summed E-state index contributed by atoms with van der Waals surface area (Å²) in [5.74, 6) is -4.50. The summed E-state index contributed by atoms with van der Waals surface area (Å²) in [5, 5.41) is 16.7. The Kier molecular flexibility index (Phi) is 1.54. The minimum absolute atomic E-state index is 1.30. The van der Waals surface area contributed by atoms with Gasteiger partial charge in [0.1, 0.15) is 0 Å². The van der Waals surface area contributed by atoms with Crippen LogP contribution in [0.25, 0.3) is 0 Å². The average Bonchev–Trinajstić information content (AvgIpc) is 2.60. The minimum atomic E-state index is -2.36. The highest BCUT2D eigenvalue weighted by Crippen LogP contribution is 2.36. The fourth-order valence-corrected chi connectivity index (χ4v) is 0.831. The first-order valence-electron chi connectivity index (χ1n) is 2.87. The van der Waals surface area contributed by atoms with Crippen LogP contribution < -0.4 is 5.73 Å². The Morgan fingerprint density at radius 1 is 1.33 bits per heavy atom. The predicted molar refractivity (Wildman–Crippen MR) is 32.1 cm³/mol. The first kappa shape index (κ1) is 8.47. The number of hydrogen-bond acceptors (Lipinski definition) is 4. The summed E-state index contributed by atoms with van der Waals surface area (Å²) in [5.41, 5.74) is 2.30. The second-order valence-electron chi connectivity index (χ2n) is 2.24. The Bertz CT molecular complexity index is 257. The zero-order chi connectivity index (χ0) is 9.52. The van der Waals surface area contributed by atoms with Gasteiger partial charge in [-0.05, 0) is 0 Å². The lowest BCUT2D eigenvalue weighted by Gasteiger charge is -1.98. The van der Waals surface area contributed by atoms with Gasteiger partial charge in [0.2, 0.25) is 6.10 Å². The van der Waals surface area contributed by atoms with Gasteiger partial charge in [-0.1, -0.05) is 0 Å². The monoisotopic (exact) mass is 175 g/mol. The summed E-state index contributed by atoms with van der Waals surface area (Å²) in [6, 6.07) is 0. The number of amides is 1. The van der Waals surface area contributed by atoms with Gasteiger partial charge in [-0.2, -0.15) is 0 Å². The van der Waals surface area contributed by atoms with Crippen molar-refractivity contribution in [3.8, 4) is 0 Å². The lowest BCUT2D eigenvalue weighted by Crippen LogP contribution is -2.43. The van der Waals surface area contributed by atoms with E-state index >= 15 is 0 Å². The number of aliphatic carboxylic acids is 2. The molecule has 0 aromatic heterocycles. The van der Waals surface area contributed by atoms with Crippen molar-refractivity contribution in [1.29, 1.82) is 0 Å². The third-order valence-electron chi connectivity index (χ3n) is 1.52. The van der Waals surface area contributed by atoms with Crippen LogP contribution in [0.1, 0.15) is 0 Å². The molecule has 66 valence electrons. The Balaban J connectivity index is 2.90. The summed E-state index contributed by atoms with van der Waals surface area (Å²) >= 11 is 0. The maximum atomic E-state index is 10.5. The number of nitrogens with two attached hydrogens (primary N) is 1. The highest BCUT2D eigenvalue weighted by molar-refractivity contribution is 6.13. The van der Waals surface area contributed by atoms with Crippen LogP contribution >= 0.6 is 0 Å². The Labute approximate surface area is 65.7 Å². The van der Waals surface area contributed by atoms with Crippen LogP contribution in [0.4, 0.5) is 0 Å². The molecular weight excluding hydrogens is 170 g/mol. The fraction of sp³-hybridized carbons (Fsp3) is 0.400. The van der Waals surface area contributed by atoms with Gasteiger partial charge in [-0.25, -0.2) is 9.59 Å². The maximum absolute atomic E-state index is 10.5. The van der Waals surface area contributed by atoms with Gasteiger partial charge >= 0.3 is 11.9 Å². The van der Waals surface area contributed by atoms with Crippen LogP contribution in [0.15, 0.2) is 0 Å². The van der Waals surface area contributed by atoms with E-state index in [0.717, 1.165) is 0 Å². The first-order valence-corrected chi connectivity index (χ1v) is 2.87. The molecule has 1 rings (SSSR count). The molecule has 0 spiro atoms. The van der Waals surface area contributed by atoms with E-state index in [-0.39, 0.29) is 0 Å². The Hall–Kier alpha value is -1.63. The van der Waals surface area contributed by atoms with E-state index in [1.165, 1.54) is 0 Å². The van der Waals surface area contributed by atoms with Crippen LogP contribution in [0.5, 0.6) is 0 Å². The van der Waals surface area contributed by atoms with Crippen LogP contribution in [0, 0.1) is 0 Å². The van der Waals surface area contributed by atoms with Crippen LogP contribution in [0.3, 0.4) is 0 Å². The van der Waals surface area contributed by atoms with Gasteiger partial charge in [0.15, 0.2) is 0 Å². The number of rotatable bonds is 3. The van der Waals surface area contributed by atoms with E-state index in [4.69, 9.17) is 10.2 Å². The van der Waals surface area contributed by atoms with Crippen molar-refractivity contribution in [2.45, 2.75) is 11.7 Å². The standard InChI is InChI=1S/C5H5NO6/c6-3(9)5(4(10)11)1(12-5)2(7)8/h1H,(H2,6,9)(H,7,8)(H,10,11). The lowest BCUT2D eigenvalue weighted by atomic mass is 10.1. The number of primary amides is 1. The summed E-state index contributed by atoms with van der Waals surface area (Å²) in [7, 11) is 0. The molecule has 1 aliphatic rings. The molecule has 1 heterocycles. The van der Waals surface area contributed by atoms with Crippen LogP contribution in [-0.2, 0) is 19.1 Å². The van der Waals surface area contributed by atoms with Gasteiger partial charge in [0.25, 0.3) is 11.5 Å². The second kappa shape index (κ2) is 2.18. The molecule has 0 saturated carbocycles. The van der Waals surface area contributed by atoms with Crippen molar-refractivity contribution in [2.24, 2.45) is 5.73 Å². The molecule has 1 aliphatic heterocycles. The molecule has 0 radical (unpaired) electrons. The molecule has 7 heteroatoms. The van der Waals surface area contributed by atoms with Crippen molar-refractivity contribution in [3.63, 3.8) is 0 Å². The van der Waals surface area contributed by atoms with Gasteiger partial charge in [0, 0.05) is 0 Å². The van der Waals surface area contributed by atoms with Crippen molar-refractivity contribution >= 4 is 17.8 Å². The molecule has 4 N–H and O–H groups in total. The number of carbonyl (C=O) groups is 3. The highest BCUT2D eigenvalue weighted by atomic mass is 16.7. The lowest BCUT2D eigenvalue weighted by molar-refractivity contribution is -0.148. The summed E-state index contributed by atoms with van der Waals surface area (Å²) < 4.78 is 4.22. The molecule has 1 amide bonds. The van der Waals surface area contributed by atoms with Crippen molar-refractivity contribution in [2.75, 3.05) is 0 Å². The van der Waals surface area contributed by atoms with Gasteiger partial charge in [-0.15, -0.1) is 0 Å². The van der Waals surface area contributed by atoms with E-state index in [1.807, 2.05) is 0 Å². The topological polar surface area (TPSA) is 130 Å². The molecule has 2 atom stereocenters. The average molecular weight is 175 g/mol. The Morgan fingerprint density at radius 2 is 1.83 bits per heavy atom. The number of epoxide rings is 1. The number of carboxylic acid groups (broad SMARTS) is 2. The van der Waals surface area contributed by atoms with Crippen molar-refractivity contribution in [3.05, 3.63) is 0 Å². The number of carbonyl (C=O) groups excluding carboxylic acids is 1. The molecular formula is C5H5NO6. The minimum Gasteiger partial charge on any atom is -0.479 e. The van der Waals surface area contributed by atoms with Crippen LogP contribution in [-0.4, -0.2) is 39.8 Å². The quantitative estimate of drug-likeness (QED) is 0.329. The first-order chi connectivity index (χ1) is 5.43. The molecule has 0 aromatic rings. The third-order valence-corrected chi connectivity index (χ3v) is 1.52. The third kappa shape index (κ3) is 0.832.